The van der Waals surface area contributed by atoms with Crippen molar-refractivity contribution in [2.24, 2.45) is 0 Å². The Balaban J connectivity index is 1.84. The lowest BCUT2D eigenvalue weighted by Gasteiger charge is -2.12. The van der Waals surface area contributed by atoms with E-state index in [9.17, 15) is 4.79 Å². The van der Waals surface area contributed by atoms with E-state index >= 15 is 0 Å². The van der Waals surface area contributed by atoms with Gasteiger partial charge in [-0.15, -0.1) is 0 Å². The topological polar surface area (TPSA) is 55.1 Å². The molecule has 0 saturated carbocycles. The Kier molecular flexibility index (Phi) is 4.58. The molecule has 0 aromatic carbocycles. The van der Waals surface area contributed by atoms with E-state index in [2.05, 4.69) is 10.3 Å². The summed E-state index contributed by atoms with van der Waals surface area (Å²) in [5, 5.41) is 3.39. The molecule has 2 aromatic heterocycles. The van der Waals surface area contributed by atoms with Gasteiger partial charge in [0.15, 0.2) is 0 Å². The second-order valence-electron chi connectivity index (χ2n) is 4.35. The predicted octanol–water partition coefficient (Wildman–Crippen LogP) is 3.08. The fourth-order valence-corrected chi connectivity index (χ4v) is 1.87. The Morgan fingerprint density at radius 2 is 2.37 bits per heavy atom. The molecular formula is C14H15ClN2O2. The number of carbonyl (C=O) groups is 1. The first-order valence-electron chi connectivity index (χ1n) is 6.10. The van der Waals surface area contributed by atoms with Crippen molar-refractivity contribution in [3.8, 4) is 0 Å². The van der Waals surface area contributed by atoms with Gasteiger partial charge in [-0.05, 0) is 37.6 Å². The number of hydrogen-bond donors (Lipinski definition) is 1. The van der Waals surface area contributed by atoms with E-state index in [4.69, 9.17) is 16.0 Å². The molecule has 0 aliphatic heterocycles. The van der Waals surface area contributed by atoms with Crippen LogP contribution >= 0.6 is 11.6 Å². The lowest BCUT2D eigenvalue weighted by atomic mass is 10.1. The Bertz CT molecular complexity index is 540. The highest BCUT2D eigenvalue weighted by Crippen LogP contribution is 2.09. The predicted molar refractivity (Wildman–Crippen MR) is 73.2 cm³/mol. The first-order chi connectivity index (χ1) is 9.15. The number of pyridine rings is 1. The van der Waals surface area contributed by atoms with Gasteiger partial charge in [0, 0.05) is 23.7 Å². The number of furan rings is 1. The Morgan fingerprint density at radius 1 is 1.53 bits per heavy atom. The molecule has 0 saturated heterocycles. The quantitative estimate of drug-likeness (QED) is 0.914. The summed E-state index contributed by atoms with van der Waals surface area (Å²) < 4.78 is 5.25. The Morgan fingerprint density at radius 3 is 3.05 bits per heavy atom. The summed E-state index contributed by atoms with van der Waals surface area (Å²) in [6.07, 6.45) is 4.76. The Labute approximate surface area is 116 Å². The average molecular weight is 279 g/mol. The van der Waals surface area contributed by atoms with Crippen LogP contribution in [-0.4, -0.2) is 16.9 Å². The SMILES string of the molecule is CC(CCc1ccco1)NC(=O)c1cc(Cl)ccn1. The number of aryl methyl sites for hydroxylation is 1. The summed E-state index contributed by atoms with van der Waals surface area (Å²) >= 11 is 5.82. The second kappa shape index (κ2) is 6.38. The van der Waals surface area contributed by atoms with Crippen molar-refractivity contribution in [1.82, 2.24) is 10.3 Å². The van der Waals surface area contributed by atoms with E-state index < -0.39 is 0 Å². The third kappa shape index (κ3) is 4.10. The van der Waals surface area contributed by atoms with Crippen LogP contribution in [0.1, 0.15) is 29.6 Å². The molecule has 1 N–H and O–H groups in total. The molecule has 1 atom stereocenters. The smallest absolute Gasteiger partial charge is 0.270 e. The number of aromatic nitrogens is 1. The summed E-state index contributed by atoms with van der Waals surface area (Å²) in [5.41, 5.74) is 0.331. The van der Waals surface area contributed by atoms with Gasteiger partial charge in [-0.1, -0.05) is 11.6 Å². The van der Waals surface area contributed by atoms with Crippen LogP contribution in [0.2, 0.25) is 5.02 Å². The molecule has 19 heavy (non-hydrogen) atoms. The minimum atomic E-state index is -0.213. The molecule has 1 amide bonds. The Hall–Kier alpha value is -1.81. The van der Waals surface area contributed by atoms with Crippen molar-refractivity contribution >= 4 is 17.5 Å². The first kappa shape index (κ1) is 13.6. The fourth-order valence-electron chi connectivity index (χ4n) is 1.71. The van der Waals surface area contributed by atoms with Crippen molar-refractivity contribution < 1.29 is 9.21 Å². The molecule has 4 nitrogen and oxygen atoms in total. The van der Waals surface area contributed by atoms with Crippen LogP contribution in [0.3, 0.4) is 0 Å². The van der Waals surface area contributed by atoms with Crippen LogP contribution in [0.5, 0.6) is 0 Å². The number of rotatable bonds is 5. The second-order valence-corrected chi connectivity index (χ2v) is 4.79. The summed E-state index contributed by atoms with van der Waals surface area (Å²) in [4.78, 5) is 15.9. The molecule has 1 unspecified atom stereocenters. The lowest BCUT2D eigenvalue weighted by Crippen LogP contribution is -2.33. The lowest BCUT2D eigenvalue weighted by molar-refractivity contribution is 0.0933. The third-order valence-electron chi connectivity index (χ3n) is 2.74. The zero-order valence-electron chi connectivity index (χ0n) is 10.6. The van der Waals surface area contributed by atoms with Gasteiger partial charge in [0.2, 0.25) is 0 Å². The number of nitrogens with zero attached hydrogens (tertiary/aromatic N) is 1. The van der Waals surface area contributed by atoms with Gasteiger partial charge in [0.25, 0.3) is 5.91 Å². The molecule has 5 heteroatoms. The van der Waals surface area contributed by atoms with Gasteiger partial charge in [-0.25, -0.2) is 0 Å². The molecule has 2 heterocycles. The van der Waals surface area contributed by atoms with Crippen LogP contribution in [0.15, 0.2) is 41.1 Å². The fraction of sp³-hybridized carbons (Fsp3) is 0.286. The van der Waals surface area contributed by atoms with Crippen LogP contribution in [0.4, 0.5) is 0 Å². The van der Waals surface area contributed by atoms with Crippen LogP contribution in [0, 0.1) is 0 Å². The standard InChI is InChI=1S/C14H15ClN2O2/c1-10(4-5-12-3-2-8-19-12)17-14(18)13-9-11(15)6-7-16-13/h2-3,6-10H,4-5H2,1H3,(H,17,18). The molecule has 0 aliphatic rings. The highest BCUT2D eigenvalue weighted by atomic mass is 35.5. The minimum absolute atomic E-state index is 0.0402. The van der Waals surface area contributed by atoms with Gasteiger partial charge in [0.1, 0.15) is 11.5 Å². The molecule has 0 spiro atoms. The monoisotopic (exact) mass is 278 g/mol. The summed E-state index contributed by atoms with van der Waals surface area (Å²) in [7, 11) is 0. The van der Waals surface area contributed by atoms with Crippen molar-refractivity contribution in [2.45, 2.75) is 25.8 Å². The number of nitrogens with one attached hydrogen (secondary N) is 1. The van der Waals surface area contributed by atoms with Gasteiger partial charge >= 0.3 is 0 Å². The van der Waals surface area contributed by atoms with Gasteiger partial charge in [-0.3, -0.25) is 9.78 Å². The van der Waals surface area contributed by atoms with Crippen LogP contribution in [-0.2, 0) is 6.42 Å². The van der Waals surface area contributed by atoms with Crippen LogP contribution < -0.4 is 5.32 Å². The maximum absolute atomic E-state index is 11.9. The molecule has 2 rings (SSSR count). The van der Waals surface area contributed by atoms with Crippen LogP contribution in [0.25, 0.3) is 0 Å². The zero-order chi connectivity index (χ0) is 13.7. The number of halogens is 1. The van der Waals surface area contributed by atoms with E-state index in [0.717, 1.165) is 18.6 Å². The van der Waals surface area contributed by atoms with E-state index in [1.807, 2.05) is 19.1 Å². The van der Waals surface area contributed by atoms with E-state index in [1.165, 1.54) is 6.20 Å². The van der Waals surface area contributed by atoms with E-state index in [1.54, 1.807) is 18.4 Å². The summed E-state index contributed by atoms with van der Waals surface area (Å²) in [6.45, 7) is 1.95. The molecule has 0 aliphatic carbocycles. The highest BCUT2D eigenvalue weighted by molar-refractivity contribution is 6.30. The summed E-state index contributed by atoms with van der Waals surface area (Å²) in [6, 6.07) is 7.01. The number of hydrogen-bond acceptors (Lipinski definition) is 3. The van der Waals surface area contributed by atoms with Gasteiger partial charge in [0.05, 0.1) is 6.26 Å². The van der Waals surface area contributed by atoms with E-state index in [0.29, 0.717) is 10.7 Å². The van der Waals surface area contributed by atoms with E-state index in [-0.39, 0.29) is 11.9 Å². The maximum Gasteiger partial charge on any atom is 0.270 e. The zero-order valence-corrected chi connectivity index (χ0v) is 11.4. The molecule has 0 fully saturated rings. The normalized spacial score (nSPS) is 12.1. The average Bonchev–Trinajstić information content (AvgIpc) is 2.89. The largest absolute Gasteiger partial charge is 0.469 e. The number of amides is 1. The highest BCUT2D eigenvalue weighted by Gasteiger charge is 2.11. The van der Waals surface area contributed by atoms with Crippen molar-refractivity contribution in [2.75, 3.05) is 0 Å². The van der Waals surface area contributed by atoms with Gasteiger partial charge in [-0.2, -0.15) is 0 Å². The van der Waals surface area contributed by atoms with Crippen molar-refractivity contribution in [3.05, 3.63) is 53.2 Å². The van der Waals surface area contributed by atoms with Gasteiger partial charge < -0.3 is 9.73 Å². The van der Waals surface area contributed by atoms with Crippen molar-refractivity contribution in [1.29, 1.82) is 0 Å². The molecule has 0 radical (unpaired) electrons. The summed E-state index contributed by atoms with van der Waals surface area (Å²) in [5.74, 6) is 0.705. The molecule has 100 valence electrons. The molecule has 2 aromatic rings. The maximum atomic E-state index is 11.9. The first-order valence-corrected chi connectivity index (χ1v) is 6.48. The minimum Gasteiger partial charge on any atom is -0.469 e. The number of carbonyl (C=O) groups excluding carboxylic acids is 1. The molecular weight excluding hydrogens is 264 g/mol. The van der Waals surface area contributed by atoms with Crippen molar-refractivity contribution in [3.63, 3.8) is 0 Å². The third-order valence-corrected chi connectivity index (χ3v) is 2.97. The molecule has 0 bridgehead atoms.